The standard InChI is InChI=1S/C25H29NO5S/c1-4-6-13-31-22-21(25(28)30-5-2)23-19(14-20(32-23)17-9-10-17)26(24(22)27)15-16-7-11-18(29-3)12-8-16/h7-8,11-12,14,17H,4-6,9-10,13,15H2,1-3H3. The van der Waals surface area contributed by atoms with E-state index in [2.05, 4.69) is 13.0 Å². The van der Waals surface area contributed by atoms with E-state index in [4.69, 9.17) is 14.2 Å². The molecule has 7 heteroatoms. The van der Waals surface area contributed by atoms with E-state index >= 15 is 0 Å². The molecule has 0 aliphatic heterocycles. The second-order valence-corrected chi connectivity index (χ2v) is 9.09. The van der Waals surface area contributed by atoms with Crippen molar-refractivity contribution in [2.45, 2.75) is 52.0 Å². The highest BCUT2D eigenvalue weighted by molar-refractivity contribution is 7.19. The number of thiophene rings is 1. The molecule has 1 aromatic carbocycles. The number of unbranched alkanes of at least 4 members (excludes halogenated alkanes) is 1. The number of hydrogen-bond donors (Lipinski definition) is 0. The summed E-state index contributed by atoms with van der Waals surface area (Å²) < 4.78 is 19.0. The molecular formula is C25H29NO5S. The van der Waals surface area contributed by atoms with Crippen LogP contribution in [0.1, 0.15) is 66.2 Å². The Morgan fingerprint density at radius 1 is 1.19 bits per heavy atom. The fourth-order valence-electron chi connectivity index (χ4n) is 3.70. The average molecular weight is 456 g/mol. The molecule has 1 aliphatic rings. The fourth-order valence-corrected chi connectivity index (χ4v) is 5.06. The number of aromatic nitrogens is 1. The van der Waals surface area contributed by atoms with E-state index in [9.17, 15) is 9.59 Å². The van der Waals surface area contributed by atoms with Gasteiger partial charge >= 0.3 is 5.97 Å². The molecule has 1 aliphatic carbocycles. The molecule has 0 atom stereocenters. The van der Waals surface area contributed by atoms with E-state index in [1.807, 2.05) is 24.3 Å². The Morgan fingerprint density at radius 3 is 2.56 bits per heavy atom. The van der Waals surface area contributed by atoms with Crippen LogP contribution in [0.3, 0.4) is 0 Å². The van der Waals surface area contributed by atoms with Crippen molar-refractivity contribution < 1.29 is 19.0 Å². The summed E-state index contributed by atoms with van der Waals surface area (Å²) in [4.78, 5) is 27.8. The number of carbonyl (C=O) groups is 1. The minimum atomic E-state index is -0.498. The zero-order valence-electron chi connectivity index (χ0n) is 18.8. The Labute approximate surface area is 191 Å². The second kappa shape index (κ2) is 9.77. The van der Waals surface area contributed by atoms with Crippen molar-refractivity contribution in [3.8, 4) is 11.5 Å². The van der Waals surface area contributed by atoms with Crippen LogP contribution in [-0.2, 0) is 11.3 Å². The molecule has 0 N–H and O–H groups in total. The van der Waals surface area contributed by atoms with Crippen LogP contribution in [0.5, 0.6) is 11.5 Å². The number of carbonyl (C=O) groups excluding carboxylic acids is 1. The summed E-state index contributed by atoms with van der Waals surface area (Å²) in [6.45, 7) is 4.83. The molecule has 3 aromatic rings. The quantitative estimate of drug-likeness (QED) is 0.304. The van der Waals surface area contributed by atoms with Crippen molar-refractivity contribution >= 4 is 27.5 Å². The highest BCUT2D eigenvalue weighted by Gasteiger charge is 2.31. The molecule has 1 fully saturated rings. The third-order valence-corrected chi connectivity index (χ3v) is 6.92. The van der Waals surface area contributed by atoms with Gasteiger partial charge in [0.05, 0.1) is 37.1 Å². The van der Waals surface area contributed by atoms with Crippen LogP contribution in [0.15, 0.2) is 35.1 Å². The number of ether oxygens (including phenoxy) is 3. The van der Waals surface area contributed by atoms with E-state index < -0.39 is 5.97 Å². The van der Waals surface area contributed by atoms with Crippen LogP contribution in [0.2, 0.25) is 0 Å². The first-order chi connectivity index (χ1) is 15.6. The number of rotatable bonds is 10. The lowest BCUT2D eigenvalue weighted by molar-refractivity contribution is 0.0523. The van der Waals surface area contributed by atoms with Crippen molar-refractivity contribution in [2.75, 3.05) is 20.3 Å². The van der Waals surface area contributed by atoms with Crippen LogP contribution < -0.4 is 15.0 Å². The SMILES string of the molecule is CCCCOc1c(C(=O)OCC)c2sc(C3CC3)cc2n(Cc2ccc(OC)cc2)c1=O. The maximum Gasteiger partial charge on any atom is 0.343 e. The van der Waals surface area contributed by atoms with Gasteiger partial charge in [0, 0.05) is 4.88 Å². The molecule has 4 rings (SSSR count). The van der Waals surface area contributed by atoms with E-state index in [0.29, 0.717) is 19.1 Å². The van der Waals surface area contributed by atoms with Crippen LogP contribution in [-0.4, -0.2) is 30.9 Å². The zero-order valence-corrected chi connectivity index (χ0v) is 19.6. The summed E-state index contributed by atoms with van der Waals surface area (Å²) in [5.41, 5.74) is 1.71. The van der Waals surface area contributed by atoms with Crippen LogP contribution in [0, 0.1) is 0 Å². The monoisotopic (exact) mass is 455 g/mol. The molecule has 0 radical (unpaired) electrons. The van der Waals surface area contributed by atoms with Gasteiger partial charge in [0.15, 0.2) is 0 Å². The minimum absolute atomic E-state index is 0.0992. The Morgan fingerprint density at radius 2 is 1.94 bits per heavy atom. The summed E-state index contributed by atoms with van der Waals surface area (Å²) >= 11 is 1.58. The molecule has 170 valence electrons. The van der Waals surface area contributed by atoms with Gasteiger partial charge in [-0.1, -0.05) is 25.5 Å². The summed E-state index contributed by atoms with van der Waals surface area (Å²) in [6, 6.07) is 9.73. The molecular weight excluding hydrogens is 426 g/mol. The molecule has 0 bridgehead atoms. The number of benzene rings is 1. The molecule has 6 nitrogen and oxygen atoms in total. The topological polar surface area (TPSA) is 66.8 Å². The van der Waals surface area contributed by atoms with Crippen molar-refractivity contribution in [2.24, 2.45) is 0 Å². The maximum atomic E-state index is 13.6. The molecule has 0 spiro atoms. The Bertz CT molecular complexity index is 1160. The predicted octanol–water partition coefficient (Wildman–Crippen LogP) is 5.35. The number of hydrogen-bond acceptors (Lipinski definition) is 6. The van der Waals surface area contributed by atoms with Gasteiger partial charge in [0.1, 0.15) is 11.3 Å². The molecule has 2 aromatic heterocycles. The Balaban J connectivity index is 1.88. The van der Waals surface area contributed by atoms with E-state index in [1.54, 1.807) is 29.9 Å². The van der Waals surface area contributed by atoms with Gasteiger partial charge in [-0.15, -0.1) is 11.3 Å². The van der Waals surface area contributed by atoms with Gasteiger partial charge < -0.3 is 14.2 Å². The van der Waals surface area contributed by atoms with Gasteiger partial charge in [-0.05, 0) is 55.9 Å². The third-order valence-electron chi connectivity index (χ3n) is 5.62. The first-order valence-electron chi connectivity index (χ1n) is 11.2. The fraction of sp³-hybridized carbons (Fsp3) is 0.440. The van der Waals surface area contributed by atoms with Gasteiger partial charge in [-0.25, -0.2) is 4.79 Å². The van der Waals surface area contributed by atoms with Crippen LogP contribution >= 0.6 is 11.3 Å². The normalized spacial score (nSPS) is 13.3. The number of nitrogens with zero attached hydrogens (tertiary/aromatic N) is 1. The van der Waals surface area contributed by atoms with Gasteiger partial charge in [-0.3, -0.25) is 9.36 Å². The zero-order chi connectivity index (χ0) is 22.7. The smallest absolute Gasteiger partial charge is 0.343 e. The van der Waals surface area contributed by atoms with Crippen LogP contribution in [0.4, 0.5) is 0 Å². The largest absolute Gasteiger partial charge is 0.497 e. The molecule has 2 heterocycles. The highest BCUT2D eigenvalue weighted by Crippen LogP contribution is 2.46. The van der Waals surface area contributed by atoms with Gasteiger partial charge in [-0.2, -0.15) is 0 Å². The first kappa shape index (κ1) is 22.4. The summed E-state index contributed by atoms with van der Waals surface area (Å²) in [7, 11) is 1.63. The number of esters is 1. The van der Waals surface area contributed by atoms with Gasteiger partial charge in [0.25, 0.3) is 5.56 Å². The van der Waals surface area contributed by atoms with Crippen LogP contribution in [0.25, 0.3) is 10.2 Å². The lowest BCUT2D eigenvalue weighted by Crippen LogP contribution is -2.26. The van der Waals surface area contributed by atoms with Crippen molar-refractivity contribution in [1.29, 1.82) is 0 Å². The van der Waals surface area contributed by atoms with Gasteiger partial charge in [0.2, 0.25) is 5.75 Å². The minimum Gasteiger partial charge on any atom is -0.497 e. The molecule has 0 saturated heterocycles. The maximum absolute atomic E-state index is 13.6. The molecule has 32 heavy (non-hydrogen) atoms. The average Bonchev–Trinajstić information content (AvgIpc) is 3.56. The number of fused-ring (bicyclic) bond motifs is 1. The second-order valence-electron chi connectivity index (χ2n) is 8.00. The lowest BCUT2D eigenvalue weighted by atomic mass is 10.1. The third kappa shape index (κ3) is 4.53. The van der Waals surface area contributed by atoms with E-state index in [0.717, 1.165) is 47.2 Å². The predicted molar refractivity (Wildman–Crippen MR) is 127 cm³/mol. The van der Waals surface area contributed by atoms with E-state index in [-0.39, 0.29) is 23.5 Å². The summed E-state index contributed by atoms with van der Waals surface area (Å²) in [5.74, 6) is 0.875. The summed E-state index contributed by atoms with van der Waals surface area (Å²) in [5, 5.41) is 0. The van der Waals surface area contributed by atoms with E-state index in [1.165, 1.54) is 4.88 Å². The molecule has 1 saturated carbocycles. The van der Waals surface area contributed by atoms with Crippen molar-refractivity contribution in [3.63, 3.8) is 0 Å². The Hall–Kier alpha value is -2.80. The molecule has 0 unspecified atom stereocenters. The molecule has 0 amide bonds. The van der Waals surface area contributed by atoms with Crippen molar-refractivity contribution in [1.82, 2.24) is 4.57 Å². The number of methoxy groups -OCH3 is 1. The van der Waals surface area contributed by atoms with Crippen molar-refractivity contribution in [3.05, 3.63) is 56.7 Å². The highest BCUT2D eigenvalue weighted by atomic mass is 32.1. The number of pyridine rings is 1. The lowest BCUT2D eigenvalue weighted by Gasteiger charge is -2.16. The first-order valence-corrected chi connectivity index (χ1v) is 12.0. The Kier molecular flexibility index (Phi) is 6.84. The summed E-state index contributed by atoms with van der Waals surface area (Å²) in [6.07, 6.45) is 4.02.